The van der Waals surface area contributed by atoms with Crippen LogP contribution in [0.1, 0.15) is 46.1 Å². The first-order chi connectivity index (χ1) is 14.2. The number of carbonyl (C=O) groups is 1. The third-order valence-corrected chi connectivity index (χ3v) is 5.48. The molecule has 0 atom stereocenters. The number of benzene rings is 1. The van der Waals surface area contributed by atoms with Crippen LogP contribution < -0.4 is 4.74 Å². The number of aromatic nitrogens is 2. The summed E-state index contributed by atoms with van der Waals surface area (Å²) in [6.07, 6.45) is 6.00. The van der Waals surface area contributed by atoms with Gasteiger partial charge in [-0.1, -0.05) is 18.2 Å². The van der Waals surface area contributed by atoms with E-state index in [4.69, 9.17) is 9.72 Å². The summed E-state index contributed by atoms with van der Waals surface area (Å²) in [4.78, 5) is 23.5. The van der Waals surface area contributed by atoms with Crippen LogP contribution in [-0.4, -0.2) is 41.0 Å². The smallest absolute Gasteiger partial charge is 0.255 e. The number of ether oxygens (including phenoxy) is 1. The largest absolute Gasteiger partial charge is 0.497 e. The Morgan fingerprint density at radius 3 is 2.55 bits per heavy atom. The van der Waals surface area contributed by atoms with Crippen LogP contribution in [0, 0.1) is 0 Å². The number of nitrogens with zero attached hydrogens (tertiary/aromatic N) is 3. The molecule has 0 radical (unpaired) electrons. The summed E-state index contributed by atoms with van der Waals surface area (Å²) in [5, 5.41) is 0. The van der Waals surface area contributed by atoms with Gasteiger partial charge >= 0.3 is 0 Å². The number of pyridine rings is 2. The Kier molecular flexibility index (Phi) is 5.84. The quantitative estimate of drug-likeness (QED) is 0.662. The van der Waals surface area contributed by atoms with E-state index in [2.05, 4.69) is 35.3 Å². The molecule has 1 saturated heterocycles. The average molecular weight is 387 g/mol. The normalized spacial score (nSPS) is 14.6. The van der Waals surface area contributed by atoms with Crippen molar-refractivity contribution in [3.05, 3.63) is 89.5 Å². The minimum absolute atomic E-state index is 0.0674. The summed E-state index contributed by atoms with van der Waals surface area (Å²) < 4.78 is 5.22. The molecule has 1 fully saturated rings. The zero-order chi connectivity index (χ0) is 20.1. The number of likely N-dealkylation sites (tertiary alicyclic amines) is 1. The fraction of sp³-hybridized carbons (Fsp3) is 0.292. The molecule has 5 heteroatoms. The van der Waals surface area contributed by atoms with Crippen LogP contribution in [0.5, 0.6) is 5.75 Å². The molecule has 3 heterocycles. The monoisotopic (exact) mass is 387 g/mol. The lowest BCUT2D eigenvalue weighted by molar-refractivity contribution is 0.0711. The second-order valence-corrected chi connectivity index (χ2v) is 7.39. The van der Waals surface area contributed by atoms with Crippen LogP contribution in [0.3, 0.4) is 0 Å². The number of methoxy groups -OCH3 is 1. The molecule has 1 amide bonds. The highest BCUT2D eigenvalue weighted by atomic mass is 16.5. The zero-order valence-electron chi connectivity index (χ0n) is 16.6. The fourth-order valence-corrected chi connectivity index (χ4v) is 3.83. The van der Waals surface area contributed by atoms with E-state index in [1.165, 1.54) is 5.56 Å². The van der Waals surface area contributed by atoms with Crippen molar-refractivity contribution >= 4 is 5.91 Å². The van der Waals surface area contributed by atoms with Crippen molar-refractivity contribution in [2.24, 2.45) is 0 Å². The van der Waals surface area contributed by atoms with Crippen molar-refractivity contribution in [3.63, 3.8) is 0 Å². The van der Waals surface area contributed by atoms with E-state index in [0.29, 0.717) is 11.5 Å². The first-order valence-electron chi connectivity index (χ1n) is 10.0. The fourth-order valence-electron chi connectivity index (χ4n) is 3.83. The molecular weight excluding hydrogens is 362 g/mol. The molecule has 3 aromatic rings. The summed E-state index contributed by atoms with van der Waals surface area (Å²) in [5.74, 6) is 1.32. The van der Waals surface area contributed by atoms with Gasteiger partial charge in [-0.2, -0.15) is 0 Å². The van der Waals surface area contributed by atoms with Gasteiger partial charge in [-0.05, 0) is 54.8 Å². The Hall–Kier alpha value is -3.21. The lowest BCUT2D eigenvalue weighted by Gasteiger charge is -2.32. The highest BCUT2D eigenvalue weighted by Gasteiger charge is 2.25. The van der Waals surface area contributed by atoms with Crippen LogP contribution in [0.15, 0.2) is 67.0 Å². The minimum atomic E-state index is 0.0674. The molecule has 2 aromatic heterocycles. The predicted octanol–water partition coefficient (Wildman–Crippen LogP) is 4.10. The van der Waals surface area contributed by atoms with Gasteiger partial charge in [0.2, 0.25) is 0 Å². The molecule has 0 saturated carbocycles. The van der Waals surface area contributed by atoms with E-state index in [1.54, 1.807) is 25.6 Å². The van der Waals surface area contributed by atoms with Crippen LogP contribution >= 0.6 is 0 Å². The SMILES string of the molecule is COc1ccc(Cc2cccc(C3CCN(C(=O)c4cccnc4)CC3)n2)cc1. The highest BCUT2D eigenvalue weighted by Crippen LogP contribution is 2.28. The van der Waals surface area contributed by atoms with Crippen molar-refractivity contribution in [1.29, 1.82) is 0 Å². The minimum Gasteiger partial charge on any atom is -0.497 e. The van der Waals surface area contributed by atoms with Crippen molar-refractivity contribution < 1.29 is 9.53 Å². The molecule has 1 aromatic carbocycles. The Morgan fingerprint density at radius 2 is 1.86 bits per heavy atom. The number of hydrogen-bond acceptors (Lipinski definition) is 4. The Morgan fingerprint density at radius 1 is 1.07 bits per heavy atom. The maximum Gasteiger partial charge on any atom is 0.255 e. The zero-order valence-corrected chi connectivity index (χ0v) is 16.6. The number of piperidine rings is 1. The lowest BCUT2D eigenvalue weighted by atomic mass is 9.92. The van der Waals surface area contributed by atoms with E-state index in [0.717, 1.165) is 49.5 Å². The van der Waals surface area contributed by atoms with E-state index in [-0.39, 0.29) is 5.91 Å². The van der Waals surface area contributed by atoms with Gasteiger partial charge in [-0.15, -0.1) is 0 Å². The molecule has 29 heavy (non-hydrogen) atoms. The molecule has 4 rings (SSSR count). The molecule has 148 valence electrons. The van der Waals surface area contributed by atoms with Crippen molar-refractivity contribution in [2.45, 2.75) is 25.2 Å². The van der Waals surface area contributed by atoms with Crippen LogP contribution in [-0.2, 0) is 6.42 Å². The molecule has 0 N–H and O–H groups in total. The van der Waals surface area contributed by atoms with Gasteiger partial charge in [-0.3, -0.25) is 14.8 Å². The van der Waals surface area contributed by atoms with Gasteiger partial charge in [0.15, 0.2) is 0 Å². The second kappa shape index (κ2) is 8.86. The predicted molar refractivity (Wildman–Crippen MR) is 112 cm³/mol. The van der Waals surface area contributed by atoms with Gasteiger partial charge in [-0.25, -0.2) is 0 Å². The Labute approximate surface area is 171 Å². The number of carbonyl (C=O) groups excluding carboxylic acids is 1. The summed E-state index contributed by atoms with van der Waals surface area (Å²) in [6.45, 7) is 1.51. The Bertz CT molecular complexity index is 949. The molecule has 0 spiro atoms. The average Bonchev–Trinajstić information content (AvgIpc) is 2.80. The molecule has 5 nitrogen and oxygen atoms in total. The van der Waals surface area contributed by atoms with E-state index < -0.39 is 0 Å². The van der Waals surface area contributed by atoms with Gasteiger partial charge < -0.3 is 9.64 Å². The van der Waals surface area contributed by atoms with E-state index >= 15 is 0 Å². The van der Waals surface area contributed by atoms with Crippen LogP contribution in [0.4, 0.5) is 0 Å². The van der Waals surface area contributed by atoms with Gasteiger partial charge in [0.1, 0.15) is 5.75 Å². The molecule has 0 unspecified atom stereocenters. The van der Waals surface area contributed by atoms with Gasteiger partial charge in [0, 0.05) is 49.2 Å². The van der Waals surface area contributed by atoms with Crippen molar-refractivity contribution in [2.75, 3.05) is 20.2 Å². The third kappa shape index (κ3) is 4.62. The molecule has 0 bridgehead atoms. The standard InChI is InChI=1S/C24H25N3O2/c1-29-22-9-7-18(8-10-22)16-21-5-2-6-23(26-21)19-11-14-27(15-12-19)24(28)20-4-3-13-25-17-20/h2-10,13,17,19H,11-12,14-16H2,1H3. The summed E-state index contributed by atoms with van der Waals surface area (Å²) in [7, 11) is 1.68. The molecule has 0 aliphatic carbocycles. The first kappa shape index (κ1) is 19.1. The van der Waals surface area contributed by atoms with Crippen molar-refractivity contribution in [3.8, 4) is 5.75 Å². The number of amides is 1. The first-order valence-corrected chi connectivity index (χ1v) is 10.0. The van der Waals surface area contributed by atoms with E-state index in [1.807, 2.05) is 23.1 Å². The van der Waals surface area contributed by atoms with Crippen LogP contribution in [0.25, 0.3) is 0 Å². The van der Waals surface area contributed by atoms with Crippen molar-refractivity contribution in [1.82, 2.24) is 14.9 Å². The molecular formula is C24H25N3O2. The maximum absolute atomic E-state index is 12.6. The lowest BCUT2D eigenvalue weighted by Crippen LogP contribution is -2.38. The van der Waals surface area contributed by atoms with Crippen LogP contribution in [0.2, 0.25) is 0 Å². The summed E-state index contributed by atoms with van der Waals surface area (Å²) in [6, 6.07) is 18.0. The highest BCUT2D eigenvalue weighted by molar-refractivity contribution is 5.93. The van der Waals surface area contributed by atoms with E-state index in [9.17, 15) is 4.79 Å². The maximum atomic E-state index is 12.6. The van der Waals surface area contributed by atoms with Gasteiger partial charge in [0.05, 0.1) is 12.7 Å². The topological polar surface area (TPSA) is 55.3 Å². The number of rotatable bonds is 5. The second-order valence-electron chi connectivity index (χ2n) is 7.39. The third-order valence-electron chi connectivity index (χ3n) is 5.48. The number of hydrogen-bond donors (Lipinski definition) is 0. The Balaban J connectivity index is 1.38. The summed E-state index contributed by atoms with van der Waals surface area (Å²) in [5.41, 5.74) is 4.07. The molecule has 1 aliphatic rings. The van der Waals surface area contributed by atoms with Gasteiger partial charge in [0.25, 0.3) is 5.91 Å². The summed E-state index contributed by atoms with van der Waals surface area (Å²) >= 11 is 0. The molecule has 1 aliphatic heterocycles.